The van der Waals surface area contributed by atoms with Gasteiger partial charge in [0.1, 0.15) is 12.4 Å². The first-order valence-corrected chi connectivity index (χ1v) is 7.49. The molecular weight excluding hydrogens is 238 g/mol. The maximum atomic E-state index is 10.0. The molecule has 3 nitrogen and oxygen atoms in total. The van der Waals surface area contributed by atoms with Crippen LogP contribution in [0, 0.1) is 0 Å². The van der Waals surface area contributed by atoms with Gasteiger partial charge in [-0.05, 0) is 62.4 Å². The molecule has 3 rings (SSSR count). The maximum Gasteiger partial charge on any atom is 0.122 e. The molecule has 1 aromatic carbocycles. The van der Waals surface area contributed by atoms with Crippen LogP contribution in [0.1, 0.15) is 42.9 Å². The van der Waals surface area contributed by atoms with Crippen molar-refractivity contribution in [1.82, 2.24) is 4.90 Å². The molecule has 0 bridgehead atoms. The fourth-order valence-electron chi connectivity index (χ4n) is 3.22. The SMILES string of the molecule is OC1CCCc2c(OCCN3CCCC3)cccc21. The summed E-state index contributed by atoms with van der Waals surface area (Å²) in [6, 6.07) is 6.08. The molecule has 1 saturated heterocycles. The Kier molecular flexibility index (Phi) is 4.04. The zero-order valence-electron chi connectivity index (χ0n) is 11.5. The fourth-order valence-corrected chi connectivity index (χ4v) is 3.22. The summed E-state index contributed by atoms with van der Waals surface area (Å²) >= 11 is 0. The molecule has 19 heavy (non-hydrogen) atoms. The number of rotatable bonds is 4. The summed E-state index contributed by atoms with van der Waals surface area (Å²) in [7, 11) is 0. The van der Waals surface area contributed by atoms with E-state index < -0.39 is 0 Å². The van der Waals surface area contributed by atoms with Crippen LogP contribution in [0.15, 0.2) is 18.2 Å². The molecular formula is C16H23NO2. The van der Waals surface area contributed by atoms with Crippen LogP contribution in [0.5, 0.6) is 5.75 Å². The first-order chi connectivity index (χ1) is 9.34. The van der Waals surface area contributed by atoms with Gasteiger partial charge in [0.25, 0.3) is 0 Å². The Morgan fingerprint density at radius 2 is 2.05 bits per heavy atom. The van der Waals surface area contributed by atoms with Gasteiger partial charge in [0, 0.05) is 6.54 Å². The summed E-state index contributed by atoms with van der Waals surface area (Å²) in [6.45, 7) is 4.21. The number of nitrogens with zero attached hydrogens (tertiary/aromatic N) is 1. The van der Waals surface area contributed by atoms with Gasteiger partial charge >= 0.3 is 0 Å². The van der Waals surface area contributed by atoms with Gasteiger partial charge in [-0.25, -0.2) is 0 Å². The predicted molar refractivity (Wildman–Crippen MR) is 75.5 cm³/mol. The van der Waals surface area contributed by atoms with Gasteiger partial charge in [-0.1, -0.05) is 12.1 Å². The smallest absolute Gasteiger partial charge is 0.122 e. The highest BCUT2D eigenvalue weighted by Gasteiger charge is 2.21. The van der Waals surface area contributed by atoms with E-state index in [4.69, 9.17) is 4.74 Å². The summed E-state index contributed by atoms with van der Waals surface area (Å²) in [4.78, 5) is 2.46. The van der Waals surface area contributed by atoms with Gasteiger partial charge in [0.15, 0.2) is 0 Å². The molecule has 1 fully saturated rings. The lowest BCUT2D eigenvalue weighted by Gasteiger charge is -2.24. The van der Waals surface area contributed by atoms with Crippen LogP contribution in [-0.4, -0.2) is 36.2 Å². The molecule has 0 amide bonds. The molecule has 1 aliphatic carbocycles. The number of hydrogen-bond donors (Lipinski definition) is 1. The van der Waals surface area contributed by atoms with Crippen molar-refractivity contribution in [2.24, 2.45) is 0 Å². The lowest BCUT2D eigenvalue weighted by atomic mass is 9.89. The summed E-state index contributed by atoms with van der Waals surface area (Å²) < 4.78 is 5.96. The largest absolute Gasteiger partial charge is 0.492 e. The molecule has 1 unspecified atom stereocenters. The Balaban J connectivity index is 1.62. The second kappa shape index (κ2) is 5.93. The van der Waals surface area contributed by atoms with E-state index in [-0.39, 0.29) is 6.10 Å². The summed E-state index contributed by atoms with van der Waals surface area (Å²) in [5.41, 5.74) is 2.30. The van der Waals surface area contributed by atoms with E-state index >= 15 is 0 Å². The lowest BCUT2D eigenvalue weighted by molar-refractivity contribution is 0.154. The highest BCUT2D eigenvalue weighted by atomic mass is 16.5. The molecule has 2 aliphatic rings. The van der Waals surface area contributed by atoms with E-state index in [9.17, 15) is 5.11 Å². The van der Waals surface area contributed by atoms with E-state index in [1.165, 1.54) is 31.5 Å². The number of aliphatic hydroxyl groups is 1. The third-order valence-electron chi connectivity index (χ3n) is 4.30. The van der Waals surface area contributed by atoms with Crippen LogP contribution in [-0.2, 0) is 6.42 Å². The van der Waals surface area contributed by atoms with Crippen LogP contribution in [0.25, 0.3) is 0 Å². The van der Waals surface area contributed by atoms with E-state index in [1.54, 1.807) is 0 Å². The van der Waals surface area contributed by atoms with Crippen LogP contribution in [0.3, 0.4) is 0 Å². The predicted octanol–water partition coefficient (Wildman–Crippen LogP) is 2.53. The molecule has 104 valence electrons. The minimum absolute atomic E-state index is 0.300. The normalized spacial score (nSPS) is 23.3. The summed E-state index contributed by atoms with van der Waals surface area (Å²) in [5, 5.41) is 10.0. The van der Waals surface area contributed by atoms with Crippen molar-refractivity contribution in [2.45, 2.75) is 38.2 Å². The monoisotopic (exact) mass is 261 g/mol. The number of likely N-dealkylation sites (tertiary alicyclic amines) is 1. The minimum atomic E-state index is -0.300. The Hall–Kier alpha value is -1.06. The summed E-state index contributed by atoms with van der Waals surface area (Å²) in [5.74, 6) is 0.982. The molecule has 0 aromatic heterocycles. The second-order valence-corrected chi connectivity index (χ2v) is 5.63. The van der Waals surface area contributed by atoms with Gasteiger partial charge in [0.05, 0.1) is 6.10 Å². The molecule has 1 aromatic rings. The van der Waals surface area contributed by atoms with Crippen molar-refractivity contribution >= 4 is 0 Å². The van der Waals surface area contributed by atoms with Crippen molar-refractivity contribution in [3.8, 4) is 5.75 Å². The van der Waals surface area contributed by atoms with Gasteiger partial charge in [-0.3, -0.25) is 4.90 Å². The first-order valence-electron chi connectivity index (χ1n) is 7.49. The van der Waals surface area contributed by atoms with Crippen molar-refractivity contribution in [2.75, 3.05) is 26.2 Å². The highest BCUT2D eigenvalue weighted by molar-refractivity contribution is 5.42. The number of ether oxygens (including phenoxy) is 1. The molecule has 3 heteroatoms. The van der Waals surface area contributed by atoms with Gasteiger partial charge in [0.2, 0.25) is 0 Å². The van der Waals surface area contributed by atoms with E-state index in [1.807, 2.05) is 18.2 Å². The molecule has 1 N–H and O–H groups in total. The van der Waals surface area contributed by atoms with Gasteiger partial charge in [-0.2, -0.15) is 0 Å². The highest BCUT2D eigenvalue weighted by Crippen LogP contribution is 2.35. The standard InChI is InChI=1S/C16H23NO2/c18-15-7-3-6-14-13(15)5-4-8-16(14)19-12-11-17-9-1-2-10-17/h4-5,8,15,18H,1-3,6-7,9-12H2. The van der Waals surface area contributed by atoms with Crippen molar-refractivity contribution in [1.29, 1.82) is 0 Å². The van der Waals surface area contributed by atoms with E-state index in [0.29, 0.717) is 0 Å². The Morgan fingerprint density at radius 3 is 2.89 bits per heavy atom. The Morgan fingerprint density at radius 1 is 1.21 bits per heavy atom. The number of hydrogen-bond acceptors (Lipinski definition) is 3. The van der Waals surface area contributed by atoms with Crippen LogP contribution >= 0.6 is 0 Å². The first kappa shape index (κ1) is 12.9. The second-order valence-electron chi connectivity index (χ2n) is 5.63. The molecule has 0 spiro atoms. The van der Waals surface area contributed by atoms with Crippen molar-refractivity contribution < 1.29 is 9.84 Å². The maximum absolute atomic E-state index is 10.0. The average Bonchev–Trinajstić information content (AvgIpc) is 2.93. The number of benzene rings is 1. The summed E-state index contributed by atoms with van der Waals surface area (Å²) in [6.07, 6.45) is 5.32. The number of fused-ring (bicyclic) bond motifs is 1. The van der Waals surface area contributed by atoms with E-state index in [2.05, 4.69) is 4.90 Å². The van der Waals surface area contributed by atoms with Gasteiger partial charge < -0.3 is 9.84 Å². The third kappa shape index (κ3) is 2.93. The van der Waals surface area contributed by atoms with Crippen LogP contribution < -0.4 is 4.74 Å². The zero-order chi connectivity index (χ0) is 13.1. The molecule has 1 heterocycles. The third-order valence-corrected chi connectivity index (χ3v) is 4.30. The molecule has 0 radical (unpaired) electrons. The molecule has 1 aliphatic heterocycles. The topological polar surface area (TPSA) is 32.7 Å². The van der Waals surface area contributed by atoms with Crippen LogP contribution in [0.2, 0.25) is 0 Å². The number of aliphatic hydroxyl groups excluding tert-OH is 1. The average molecular weight is 261 g/mol. The zero-order valence-corrected chi connectivity index (χ0v) is 11.5. The fraction of sp³-hybridized carbons (Fsp3) is 0.625. The molecule has 0 saturated carbocycles. The van der Waals surface area contributed by atoms with E-state index in [0.717, 1.165) is 43.7 Å². The Bertz CT molecular complexity index is 427. The lowest BCUT2D eigenvalue weighted by Crippen LogP contribution is -2.25. The quantitative estimate of drug-likeness (QED) is 0.904. The van der Waals surface area contributed by atoms with Gasteiger partial charge in [-0.15, -0.1) is 0 Å². The van der Waals surface area contributed by atoms with Crippen molar-refractivity contribution in [3.63, 3.8) is 0 Å². The van der Waals surface area contributed by atoms with Crippen LogP contribution in [0.4, 0.5) is 0 Å². The van der Waals surface area contributed by atoms with Crippen molar-refractivity contribution in [3.05, 3.63) is 29.3 Å². The molecule has 1 atom stereocenters. The minimum Gasteiger partial charge on any atom is -0.492 e. The Labute approximate surface area is 115 Å².